The van der Waals surface area contributed by atoms with Crippen LogP contribution in [0.25, 0.3) is 0 Å². The van der Waals surface area contributed by atoms with Crippen LogP contribution in [0.5, 0.6) is 5.75 Å². The van der Waals surface area contributed by atoms with Crippen molar-refractivity contribution in [1.29, 1.82) is 0 Å². The van der Waals surface area contributed by atoms with E-state index < -0.39 is 0 Å². The number of nitrogens with zero attached hydrogens (tertiary/aromatic N) is 1. The molecule has 1 aromatic carbocycles. The van der Waals surface area contributed by atoms with Gasteiger partial charge in [0.2, 0.25) is 0 Å². The Morgan fingerprint density at radius 2 is 2.08 bits per heavy atom. The van der Waals surface area contributed by atoms with E-state index in [1.54, 1.807) is 6.08 Å². The van der Waals surface area contributed by atoms with Crippen LogP contribution in [-0.4, -0.2) is 44.1 Å². The van der Waals surface area contributed by atoms with E-state index in [1.165, 1.54) is 5.56 Å². The van der Waals surface area contributed by atoms with Gasteiger partial charge in [0.05, 0.1) is 0 Å². The third kappa shape index (κ3) is 7.74. The van der Waals surface area contributed by atoms with Crippen molar-refractivity contribution in [2.24, 2.45) is 4.99 Å². The second-order valence-electron chi connectivity index (χ2n) is 5.95. The van der Waals surface area contributed by atoms with Gasteiger partial charge in [-0.25, -0.2) is 0 Å². The number of ether oxygens (including phenoxy) is 1. The summed E-state index contributed by atoms with van der Waals surface area (Å²) >= 11 is 0. The maximum atomic E-state index is 11.6. The molecule has 1 saturated carbocycles. The van der Waals surface area contributed by atoms with Crippen LogP contribution in [0.2, 0.25) is 0 Å². The molecule has 0 radical (unpaired) electrons. The average molecular weight is 344 g/mol. The Morgan fingerprint density at radius 1 is 1.32 bits per heavy atom. The summed E-state index contributed by atoms with van der Waals surface area (Å²) in [6, 6.07) is 8.17. The van der Waals surface area contributed by atoms with Gasteiger partial charge in [-0.2, -0.15) is 0 Å². The number of hydrogen-bond acceptors (Lipinski definition) is 3. The standard InChI is InChI=1S/C19H28N4O2/c1-3-12-21-19(20-4-2)22-13-11-15-5-9-17(10-6-15)25-14-18(24)23-16-7-8-16/h3,5-6,9-10,16H,1,4,7-8,11-14H2,2H3,(H,23,24)(H2,20,21,22). The zero-order chi connectivity index (χ0) is 17.9. The topological polar surface area (TPSA) is 74.8 Å². The molecule has 1 aliphatic carbocycles. The Bertz CT molecular complexity index is 580. The molecule has 1 fully saturated rings. The fourth-order valence-electron chi connectivity index (χ4n) is 2.21. The molecule has 25 heavy (non-hydrogen) atoms. The second-order valence-corrected chi connectivity index (χ2v) is 5.95. The van der Waals surface area contributed by atoms with Crippen LogP contribution in [0.4, 0.5) is 0 Å². The maximum Gasteiger partial charge on any atom is 0.258 e. The molecule has 6 heteroatoms. The fraction of sp³-hybridized carbons (Fsp3) is 0.474. The minimum Gasteiger partial charge on any atom is -0.484 e. The Kier molecular flexibility index (Phi) is 7.82. The maximum absolute atomic E-state index is 11.6. The number of carbonyl (C=O) groups excluding carboxylic acids is 1. The summed E-state index contributed by atoms with van der Waals surface area (Å²) in [7, 11) is 0. The van der Waals surface area contributed by atoms with Gasteiger partial charge in [0.25, 0.3) is 5.91 Å². The van der Waals surface area contributed by atoms with Gasteiger partial charge >= 0.3 is 0 Å². The summed E-state index contributed by atoms with van der Waals surface area (Å²) in [5.74, 6) is 1.45. The number of aliphatic imine (C=N–C) groups is 1. The largest absolute Gasteiger partial charge is 0.484 e. The van der Waals surface area contributed by atoms with Gasteiger partial charge in [0.1, 0.15) is 5.75 Å². The van der Waals surface area contributed by atoms with Crippen molar-refractivity contribution >= 4 is 11.9 Å². The first-order valence-electron chi connectivity index (χ1n) is 8.85. The van der Waals surface area contributed by atoms with Crippen LogP contribution < -0.4 is 20.7 Å². The summed E-state index contributed by atoms with van der Waals surface area (Å²) in [5, 5.41) is 9.27. The van der Waals surface area contributed by atoms with Crippen LogP contribution in [0, 0.1) is 0 Å². The highest BCUT2D eigenvalue weighted by Gasteiger charge is 2.23. The van der Waals surface area contributed by atoms with Crippen LogP contribution in [0.1, 0.15) is 25.3 Å². The summed E-state index contributed by atoms with van der Waals surface area (Å²) in [4.78, 5) is 16.1. The van der Waals surface area contributed by atoms with Gasteiger partial charge in [0, 0.05) is 25.7 Å². The lowest BCUT2D eigenvalue weighted by Crippen LogP contribution is -2.37. The highest BCUT2D eigenvalue weighted by atomic mass is 16.5. The quantitative estimate of drug-likeness (QED) is 0.343. The molecule has 0 aromatic heterocycles. The number of amides is 1. The molecule has 6 nitrogen and oxygen atoms in total. The predicted octanol–water partition coefficient (Wildman–Crippen LogP) is 1.63. The van der Waals surface area contributed by atoms with Crippen LogP contribution in [0.15, 0.2) is 41.9 Å². The summed E-state index contributed by atoms with van der Waals surface area (Å²) in [6.45, 7) is 8.00. The number of carbonyl (C=O) groups is 1. The Morgan fingerprint density at radius 3 is 2.72 bits per heavy atom. The number of benzene rings is 1. The van der Waals surface area contributed by atoms with Crippen molar-refractivity contribution in [3.8, 4) is 5.75 Å². The second kappa shape index (κ2) is 10.4. The van der Waals surface area contributed by atoms with E-state index >= 15 is 0 Å². The number of hydrogen-bond donors (Lipinski definition) is 3. The molecule has 0 spiro atoms. The Labute approximate surface area is 149 Å². The lowest BCUT2D eigenvalue weighted by atomic mass is 10.1. The van der Waals surface area contributed by atoms with Crippen LogP contribution in [0.3, 0.4) is 0 Å². The zero-order valence-corrected chi connectivity index (χ0v) is 14.9. The molecule has 0 unspecified atom stereocenters. The van der Waals surface area contributed by atoms with Crippen molar-refractivity contribution in [1.82, 2.24) is 16.0 Å². The SMILES string of the molecule is C=CCNC(=NCCc1ccc(OCC(=O)NC2CC2)cc1)NCC. The molecule has 0 atom stereocenters. The highest BCUT2D eigenvalue weighted by molar-refractivity contribution is 5.79. The first kappa shape index (κ1) is 18.8. The van der Waals surface area contributed by atoms with Crippen LogP contribution in [-0.2, 0) is 11.2 Å². The zero-order valence-electron chi connectivity index (χ0n) is 14.9. The van der Waals surface area contributed by atoms with E-state index in [9.17, 15) is 4.79 Å². The van der Waals surface area contributed by atoms with E-state index in [-0.39, 0.29) is 12.5 Å². The molecule has 1 amide bonds. The van der Waals surface area contributed by atoms with Gasteiger partial charge < -0.3 is 20.7 Å². The van der Waals surface area contributed by atoms with Gasteiger partial charge in [-0.15, -0.1) is 6.58 Å². The Balaban J connectivity index is 1.72. The molecule has 1 aromatic rings. The number of rotatable bonds is 10. The van der Waals surface area contributed by atoms with Crippen molar-refractivity contribution in [2.45, 2.75) is 32.2 Å². The van der Waals surface area contributed by atoms with Crippen molar-refractivity contribution in [3.05, 3.63) is 42.5 Å². The molecule has 2 rings (SSSR count). The molecule has 0 bridgehead atoms. The predicted molar refractivity (Wildman–Crippen MR) is 101 cm³/mol. The van der Waals surface area contributed by atoms with Crippen molar-refractivity contribution in [2.75, 3.05) is 26.2 Å². The summed E-state index contributed by atoms with van der Waals surface area (Å²) in [6.07, 6.45) is 4.81. The molecular weight excluding hydrogens is 316 g/mol. The monoisotopic (exact) mass is 344 g/mol. The third-order valence-electron chi connectivity index (χ3n) is 3.66. The normalized spacial score (nSPS) is 13.9. The average Bonchev–Trinajstić information content (AvgIpc) is 3.43. The van der Waals surface area contributed by atoms with Gasteiger partial charge in [-0.05, 0) is 43.9 Å². The summed E-state index contributed by atoms with van der Waals surface area (Å²) in [5.41, 5.74) is 1.18. The number of nitrogens with one attached hydrogen (secondary N) is 3. The van der Waals surface area contributed by atoms with Gasteiger partial charge in [-0.1, -0.05) is 18.2 Å². The van der Waals surface area contributed by atoms with E-state index in [2.05, 4.69) is 27.5 Å². The number of guanidine groups is 1. The van der Waals surface area contributed by atoms with E-state index in [0.717, 1.165) is 31.8 Å². The minimum atomic E-state index is -0.0520. The molecule has 0 saturated heterocycles. The van der Waals surface area contributed by atoms with Crippen LogP contribution >= 0.6 is 0 Å². The lowest BCUT2D eigenvalue weighted by molar-refractivity contribution is -0.123. The molecule has 0 heterocycles. The Hall–Kier alpha value is -2.50. The third-order valence-corrected chi connectivity index (χ3v) is 3.66. The summed E-state index contributed by atoms with van der Waals surface area (Å²) < 4.78 is 5.50. The molecule has 3 N–H and O–H groups in total. The van der Waals surface area contributed by atoms with Crippen molar-refractivity contribution in [3.63, 3.8) is 0 Å². The highest BCUT2D eigenvalue weighted by Crippen LogP contribution is 2.18. The molecule has 1 aliphatic rings. The minimum absolute atomic E-state index is 0.0520. The molecular formula is C19H28N4O2. The fourth-order valence-corrected chi connectivity index (χ4v) is 2.21. The van der Waals surface area contributed by atoms with E-state index in [0.29, 0.717) is 24.9 Å². The van der Waals surface area contributed by atoms with Gasteiger partial charge in [-0.3, -0.25) is 9.79 Å². The first-order valence-corrected chi connectivity index (χ1v) is 8.85. The van der Waals surface area contributed by atoms with Crippen molar-refractivity contribution < 1.29 is 9.53 Å². The van der Waals surface area contributed by atoms with Gasteiger partial charge in [0.15, 0.2) is 12.6 Å². The lowest BCUT2D eigenvalue weighted by Gasteiger charge is -2.09. The molecule has 0 aliphatic heterocycles. The molecule has 136 valence electrons. The first-order chi connectivity index (χ1) is 12.2. The van der Waals surface area contributed by atoms with E-state index in [1.807, 2.05) is 31.2 Å². The van der Waals surface area contributed by atoms with E-state index in [4.69, 9.17) is 4.74 Å². The smallest absolute Gasteiger partial charge is 0.258 e.